The lowest BCUT2D eigenvalue weighted by Crippen LogP contribution is -2.26. The van der Waals surface area contributed by atoms with Crippen LogP contribution in [0.2, 0.25) is 0 Å². The largest absolute Gasteiger partial charge is 0.372 e. The average Bonchev–Trinajstić information content (AvgIpc) is 3.19. The molecule has 7 nitrogen and oxygen atoms in total. The van der Waals surface area contributed by atoms with Crippen LogP contribution in [-0.2, 0) is 22.6 Å². The Morgan fingerprint density at radius 3 is 2.92 bits per heavy atom. The lowest BCUT2D eigenvalue weighted by atomic mass is 9.96. The minimum Gasteiger partial charge on any atom is -0.372 e. The number of rotatable bonds is 5. The molecule has 26 heavy (non-hydrogen) atoms. The van der Waals surface area contributed by atoms with Crippen molar-refractivity contribution in [2.75, 3.05) is 12.0 Å². The molecule has 0 saturated carbocycles. The van der Waals surface area contributed by atoms with Gasteiger partial charge in [0.15, 0.2) is 16.0 Å². The van der Waals surface area contributed by atoms with Gasteiger partial charge in [0.1, 0.15) is 4.83 Å². The zero-order valence-electron chi connectivity index (χ0n) is 14.7. The second-order valence-electron chi connectivity index (χ2n) is 6.48. The van der Waals surface area contributed by atoms with Gasteiger partial charge in [0.2, 0.25) is 5.91 Å². The van der Waals surface area contributed by atoms with Gasteiger partial charge in [-0.1, -0.05) is 37.4 Å². The second-order valence-corrected chi connectivity index (χ2v) is 9.28. The molecule has 0 fully saturated rings. The Morgan fingerprint density at radius 1 is 1.42 bits per heavy atom. The molecule has 0 bridgehead atoms. The standard InChI is InChI=1S/C16H19N5O2S3/c1-7(2)9-4-8-10(5-23-9)26-14-12(8)13-19-20-16(25-6-11(17)22)21(13)15(18-14)24-3/h7,9H,4-6H2,1-3H3,(H2,17,22)/t9-/m1/s1. The van der Waals surface area contributed by atoms with Gasteiger partial charge in [-0.15, -0.1) is 21.5 Å². The van der Waals surface area contributed by atoms with Gasteiger partial charge >= 0.3 is 0 Å². The van der Waals surface area contributed by atoms with Crippen LogP contribution in [0.15, 0.2) is 10.3 Å². The molecule has 0 spiro atoms. The highest BCUT2D eigenvalue weighted by Crippen LogP contribution is 2.40. The summed E-state index contributed by atoms with van der Waals surface area (Å²) in [6.07, 6.45) is 3.04. The number of carbonyl (C=O) groups excluding carboxylic acids is 1. The molecule has 138 valence electrons. The number of primary amides is 1. The Labute approximate surface area is 163 Å². The molecule has 1 aliphatic heterocycles. The number of ether oxygens (including phenoxy) is 1. The first-order valence-electron chi connectivity index (χ1n) is 8.25. The van der Waals surface area contributed by atoms with E-state index in [9.17, 15) is 4.79 Å². The summed E-state index contributed by atoms with van der Waals surface area (Å²) in [4.78, 5) is 18.2. The molecule has 10 heteroatoms. The first kappa shape index (κ1) is 18.0. The quantitative estimate of drug-likeness (QED) is 0.511. The van der Waals surface area contributed by atoms with E-state index in [4.69, 9.17) is 15.5 Å². The molecule has 3 aromatic heterocycles. The van der Waals surface area contributed by atoms with Crippen LogP contribution in [0.1, 0.15) is 24.3 Å². The molecule has 4 rings (SSSR count). The van der Waals surface area contributed by atoms with E-state index in [0.717, 1.165) is 27.4 Å². The number of thioether (sulfide) groups is 2. The number of fused-ring (bicyclic) bond motifs is 5. The van der Waals surface area contributed by atoms with Crippen LogP contribution in [0.4, 0.5) is 0 Å². The number of aromatic nitrogens is 4. The second kappa shape index (κ2) is 6.99. The summed E-state index contributed by atoms with van der Waals surface area (Å²) in [5.41, 5.74) is 7.36. The van der Waals surface area contributed by atoms with Crippen LogP contribution in [0.25, 0.3) is 15.9 Å². The maximum atomic E-state index is 11.2. The molecule has 1 amide bonds. The Bertz CT molecular complexity index is 997. The van der Waals surface area contributed by atoms with Crippen LogP contribution in [0, 0.1) is 5.92 Å². The molecule has 1 aliphatic rings. The number of hydrogen-bond donors (Lipinski definition) is 1. The third kappa shape index (κ3) is 2.98. The van der Waals surface area contributed by atoms with Gasteiger partial charge in [-0.2, -0.15) is 0 Å². The number of nitrogens with two attached hydrogens (primary N) is 1. The van der Waals surface area contributed by atoms with Crippen molar-refractivity contribution < 1.29 is 9.53 Å². The number of carbonyl (C=O) groups is 1. The van der Waals surface area contributed by atoms with E-state index in [0.29, 0.717) is 17.7 Å². The van der Waals surface area contributed by atoms with Crippen molar-refractivity contribution in [2.24, 2.45) is 11.7 Å². The Kier molecular flexibility index (Phi) is 4.84. The van der Waals surface area contributed by atoms with Crippen molar-refractivity contribution in [3.05, 3.63) is 10.4 Å². The zero-order valence-corrected chi connectivity index (χ0v) is 17.1. The topological polar surface area (TPSA) is 95.4 Å². The fraction of sp³-hybridized carbons (Fsp3) is 0.500. The Hall–Kier alpha value is -1.36. The van der Waals surface area contributed by atoms with Gasteiger partial charge in [0.05, 0.1) is 23.8 Å². The maximum absolute atomic E-state index is 11.2. The van der Waals surface area contributed by atoms with Crippen molar-refractivity contribution in [2.45, 2.75) is 43.3 Å². The molecule has 0 unspecified atom stereocenters. The molecule has 0 aromatic carbocycles. The molecule has 2 N–H and O–H groups in total. The van der Waals surface area contributed by atoms with Crippen LogP contribution in [0.3, 0.4) is 0 Å². The van der Waals surface area contributed by atoms with Gasteiger partial charge in [-0.25, -0.2) is 9.38 Å². The van der Waals surface area contributed by atoms with E-state index in [1.807, 2.05) is 10.7 Å². The number of amides is 1. The molecule has 0 radical (unpaired) electrons. The number of thiophene rings is 1. The fourth-order valence-corrected chi connectivity index (χ4v) is 5.56. The van der Waals surface area contributed by atoms with E-state index in [1.54, 1.807) is 11.3 Å². The summed E-state index contributed by atoms with van der Waals surface area (Å²) < 4.78 is 7.95. The minimum absolute atomic E-state index is 0.164. The van der Waals surface area contributed by atoms with Gasteiger partial charge in [-0.05, 0) is 17.7 Å². The maximum Gasteiger partial charge on any atom is 0.227 e. The summed E-state index contributed by atoms with van der Waals surface area (Å²) >= 11 is 4.50. The summed E-state index contributed by atoms with van der Waals surface area (Å²) in [5, 5.41) is 11.3. The minimum atomic E-state index is -0.378. The van der Waals surface area contributed by atoms with E-state index in [2.05, 4.69) is 24.0 Å². The summed E-state index contributed by atoms with van der Waals surface area (Å²) in [7, 11) is 0. The summed E-state index contributed by atoms with van der Waals surface area (Å²) in [6.45, 7) is 4.98. The van der Waals surface area contributed by atoms with Gasteiger partial charge in [0.25, 0.3) is 0 Å². The number of hydrogen-bond acceptors (Lipinski definition) is 8. The van der Waals surface area contributed by atoms with Crippen molar-refractivity contribution >= 4 is 56.6 Å². The first-order valence-corrected chi connectivity index (χ1v) is 11.3. The lowest BCUT2D eigenvalue weighted by Gasteiger charge is -2.26. The Balaban J connectivity index is 1.91. The van der Waals surface area contributed by atoms with E-state index in [1.165, 1.54) is 34.0 Å². The van der Waals surface area contributed by atoms with Gasteiger partial charge < -0.3 is 10.5 Å². The highest BCUT2D eigenvalue weighted by Gasteiger charge is 2.29. The van der Waals surface area contributed by atoms with Crippen molar-refractivity contribution in [1.29, 1.82) is 0 Å². The van der Waals surface area contributed by atoms with Crippen LogP contribution in [0.5, 0.6) is 0 Å². The number of nitrogens with zero attached hydrogens (tertiary/aromatic N) is 4. The van der Waals surface area contributed by atoms with Crippen molar-refractivity contribution in [1.82, 2.24) is 19.6 Å². The van der Waals surface area contributed by atoms with Crippen molar-refractivity contribution in [3.63, 3.8) is 0 Å². The van der Waals surface area contributed by atoms with E-state index >= 15 is 0 Å². The molecular formula is C16H19N5O2S3. The van der Waals surface area contributed by atoms with Crippen LogP contribution < -0.4 is 5.73 Å². The lowest BCUT2D eigenvalue weighted by molar-refractivity contribution is -0.115. The highest BCUT2D eigenvalue weighted by atomic mass is 32.2. The third-order valence-electron chi connectivity index (χ3n) is 4.42. The molecule has 0 aliphatic carbocycles. The predicted octanol–water partition coefficient (Wildman–Crippen LogP) is 2.74. The summed E-state index contributed by atoms with van der Waals surface area (Å²) in [6, 6.07) is 0. The van der Waals surface area contributed by atoms with Crippen molar-refractivity contribution in [3.8, 4) is 0 Å². The molecule has 4 heterocycles. The smallest absolute Gasteiger partial charge is 0.227 e. The zero-order chi connectivity index (χ0) is 18.4. The van der Waals surface area contributed by atoms with Crippen LogP contribution >= 0.6 is 34.9 Å². The Morgan fingerprint density at radius 2 is 2.23 bits per heavy atom. The van der Waals surface area contributed by atoms with E-state index < -0.39 is 0 Å². The third-order valence-corrected chi connectivity index (χ3v) is 7.11. The molecule has 1 atom stereocenters. The first-order chi connectivity index (χ1) is 12.5. The average molecular weight is 410 g/mol. The summed E-state index contributed by atoms with van der Waals surface area (Å²) in [5.74, 6) is 0.237. The molecule has 3 aromatic rings. The highest BCUT2D eigenvalue weighted by molar-refractivity contribution is 8.00. The van der Waals surface area contributed by atoms with Gasteiger partial charge in [0, 0.05) is 11.3 Å². The monoisotopic (exact) mass is 409 g/mol. The molecular weight excluding hydrogens is 390 g/mol. The molecule has 0 saturated heterocycles. The SMILES string of the molecule is CSc1nc2sc3c(c2c2nnc(SCC(N)=O)n12)C[C@H](C(C)C)OC3. The van der Waals surface area contributed by atoms with E-state index in [-0.39, 0.29) is 17.8 Å². The fourth-order valence-electron chi connectivity index (χ4n) is 3.12. The predicted molar refractivity (Wildman–Crippen MR) is 105 cm³/mol. The van der Waals surface area contributed by atoms with Crippen LogP contribution in [-0.4, -0.2) is 43.6 Å². The van der Waals surface area contributed by atoms with Gasteiger partial charge in [-0.3, -0.25) is 4.79 Å². The normalized spacial score (nSPS) is 17.3.